The van der Waals surface area contributed by atoms with Gasteiger partial charge in [-0.2, -0.15) is 0 Å². The lowest BCUT2D eigenvalue weighted by molar-refractivity contribution is -0.129. The molecule has 0 aliphatic carbocycles. The van der Waals surface area contributed by atoms with Crippen LogP contribution in [0.4, 0.5) is 0 Å². The highest BCUT2D eigenvalue weighted by Crippen LogP contribution is 1.67. The number of amides is 1. The summed E-state index contributed by atoms with van der Waals surface area (Å²) in [5.74, 6) is -0.269. The van der Waals surface area contributed by atoms with Gasteiger partial charge in [0.05, 0.1) is 6.54 Å². The fourth-order valence-electron chi connectivity index (χ4n) is 0.353. The maximum atomic E-state index is 10.4. The minimum absolute atomic E-state index is 0.198. The van der Waals surface area contributed by atoms with Gasteiger partial charge in [0, 0.05) is 0 Å². The molecule has 0 unspecified atom stereocenters. The summed E-state index contributed by atoms with van der Waals surface area (Å²) >= 11 is 0. The topological polar surface area (TPSA) is 55.4 Å². The number of hydrogen-bond acceptors (Lipinski definition) is 3. The maximum Gasteiger partial charge on any atom is 0.293 e. The van der Waals surface area contributed by atoms with Gasteiger partial charge in [-0.25, -0.2) is 0 Å². The molecule has 0 bridgehead atoms. The Kier molecular flexibility index (Phi) is 5.04. The molecule has 1 N–H and O–H groups in total. The zero-order valence-corrected chi connectivity index (χ0v) is 5.50. The molecule has 0 rings (SSSR count). The molecule has 0 heterocycles. The molecule has 0 aliphatic rings. The summed E-state index contributed by atoms with van der Waals surface area (Å²) < 4.78 is 4.30. The molecule has 0 aromatic carbocycles. The average molecular weight is 143 g/mol. The molecule has 0 saturated carbocycles. The largest absolute Gasteiger partial charge is 0.466 e. The van der Waals surface area contributed by atoms with E-state index in [1.165, 1.54) is 0 Å². The van der Waals surface area contributed by atoms with Crippen LogP contribution in [0.15, 0.2) is 12.7 Å². The lowest BCUT2D eigenvalue weighted by Crippen LogP contribution is -2.24. The van der Waals surface area contributed by atoms with E-state index in [0.29, 0.717) is 13.0 Å². The Morgan fingerprint density at radius 2 is 2.40 bits per heavy atom. The maximum absolute atomic E-state index is 10.4. The lowest BCUT2D eigenvalue weighted by atomic mass is 10.5. The summed E-state index contributed by atoms with van der Waals surface area (Å²) in [6.07, 6.45) is 1.15. The van der Waals surface area contributed by atoms with E-state index in [2.05, 4.69) is 16.6 Å². The van der Waals surface area contributed by atoms with Crippen LogP contribution in [0.25, 0.3) is 0 Å². The lowest BCUT2D eigenvalue weighted by Gasteiger charge is -1.98. The van der Waals surface area contributed by atoms with E-state index in [0.717, 1.165) is 6.08 Å². The van der Waals surface area contributed by atoms with E-state index in [9.17, 15) is 9.59 Å². The van der Waals surface area contributed by atoms with Crippen LogP contribution in [-0.2, 0) is 14.3 Å². The van der Waals surface area contributed by atoms with Crippen molar-refractivity contribution in [1.82, 2.24) is 5.32 Å². The zero-order chi connectivity index (χ0) is 7.82. The van der Waals surface area contributed by atoms with Crippen molar-refractivity contribution < 1.29 is 14.3 Å². The second kappa shape index (κ2) is 5.81. The second-order valence-electron chi connectivity index (χ2n) is 1.46. The molecule has 10 heavy (non-hydrogen) atoms. The van der Waals surface area contributed by atoms with E-state index in [1.807, 2.05) is 0 Å². The second-order valence-corrected chi connectivity index (χ2v) is 1.46. The predicted molar refractivity (Wildman–Crippen MR) is 35.2 cm³/mol. The number of hydrogen-bond donors (Lipinski definition) is 1. The monoisotopic (exact) mass is 143 g/mol. The summed E-state index contributed by atoms with van der Waals surface area (Å²) in [5, 5.41) is 2.43. The molecule has 0 aromatic heterocycles. The first-order chi connectivity index (χ1) is 4.81. The van der Waals surface area contributed by atoms with Gasteiger partial charge in [-0.15, -0.1) is 0 Å². The van der Waals surface area contributed by atoms with Crippen LogP contribution in [-0.4, -0.2) is 25.5 Å². The SMILES string of the molecule is C=CC(=O)NCCOC=O. The third kappa shape index (κ3) is 4.83. The van der Waals surface area contributed by atoms with Gasteiger partial charge in [0.25, 0.3) is 6.47 Å². The normalized spacial score (nSPS) is 8.00. The van der Waals surface area contributed by atoms with Crippen LogP contribution in [0.3, 0.4) is 0 Å². The summed E-state index contributed by atoms with van der Waals surface area (Å²) in [6, 6.07) is 0. The van der Waals surface area contributed by atoms with Crippen molar-refractivity contribution >= 4 is 12.4 Å². The number of nitrogens with one attached hydrogen (secondary N) is 1. The fourth-order valence-corrected chi connectivity index (χ4v) is 0.353. The van der Waals surface area contributed by atoms with Crippen LogP contribution in [0.1, 0.15) is 0 Å². The van der Waals surface area contributed by atoms with E-state index in [4.69, 9.17) is 0 Å². The molecule has 0 aliphatic heterocycles. The number of rotatable bonds is 5. The van der Waals surface area contributed by atoms with E-state index < -0.39 is 0 Å². The van der Waals surface area contributed by atoms with Crippen molar-refractivity contribution in [1.29, 1.82) is 0 Å². The standard InChI is InChI=1S/C6H9NO3/c1-2-6(9)7-3-4-10-5-8/h2,5H,1,3-4H2,(H,7,9). The first-order valence-electron chi connectivity index (χ1n) is 2.76. The molecule has 4 heteroatoms. The van der Waals surface area contributed by atoms with E-state index in [1.54, 1.807) is 0 Å². The molecule has 56 valence electrons. The smallest absolute Gasteiger partial charge is 0.293 e. The van der Waals surface area contributed by atoms with E-state index in [-0.39, 0.29) is 12.5 Å². The number of carbonyl (C=O) groups excluding carboxylic acids is 2. The van der Waals surface area contributed by atoms with E-state index >= 15 is 0 Å². The first kappa shape index (κ1) is 8.68. The van der Waals surface area contributed by atoms with Crippen LogP contribution in [0, 0.1) is 0 Å². The summed E-state index contributed by atoms with van der Waals surface area (Å²) in [6.45, 7) is 4.09. The van der Waals surface area contributed by atoms with Crippen molar-refractivity contribution in [2.45, 2.75) is 0 Å². The van der Waals surface area contributed by atoms with Crippen LogP contribution < -0.4 is 5.32 Å². The molecule has 4 nitrogen and oxygen atoms in total. The summed E-state index contributed by atoms with van der Waals surface area (Å²) in [5.41, 5.74) is 0. The van der Waals surface area contributed by atoms with Gasteiger partial charge in [0.15, 0.2) is 0 Å². The fraction of sp³-hybridized carbons (Fsp3) is 0.333. The van der Waals surface area contributed by atoms with Gasteiger partial charge in [-0.1, -0.05) is 6.58 Å². The van der Waals surface area contributed by atoms with Crippen molar-refractivity contribution in [2.75, 3.05) is 13.2 Å². The molecule has 0 radical (unpaired) electrons. The highest BCUT2D eigenvalue weighted by atomic mass is 16.5. The van der Waals surface area contributed by atoms with Crippen LogP contribution in [0.2, 0.25) is 0 Å². The Bertz CT molecular complexity index is 133. The predicted octanol–water partition coefficient (Wildman–Crippen LogP) is -0.538. The molecule has 0 atom stereocenters. The Labute approximate surface area is 58.9 Å². The van der Waals surface area contributed by atoms with Crippen molar-refractivity contribution in [2.24, 2.45) is 0 Å². The summed E-state index contributed by atoms with van der Waals surface area (Å²) in [4.78, 5) is 20.0. The molecule has 0 aromatic rings. The Balaban J connectivity index is 3.11. The van der Waals surface area contributed by atoms with Gasteiger partial charge in [0.1, 0.15) is 6.61 Å². The van der Waals surface area contributed by atoms with Crippen molar-refractivity contribution in [3.8, 4) is 0 Å². The van der Waals surface area contributed by atoms with Gasteiger partial charge >= 0.3 is 0 Å². The molecule has 1 amide bonds. The average Bonchev–Trinajstić information content (AvgIpc) is 1.98. The molecule has 0 fully saturated rings. The van der Waals surface area contributed by atoms with Crippen molar-refractivity contribution in [3.63, 3.8) is 0 Å². The van der Waals surface area contributed by atoms with Crippen molar-refractivity contribution in [3.05, 3.63) is 12.7 Å². The first-order valence-corrected chi connectivity index (χ1v) is 2.76. The van der Waals surface area contributed by atoms with Gasteiger partial charge < -0.3 is 10.1 Å². The third-order valence-corrected chi connectivity index (χ3v) is 0.773. The molecule has 0 spiro atoms. The Hall–Kier alpha value is -1.32. The molecular weight excluding hydrogens is 134 g/mol. The van der Waals surface area contributed by atoms with Crippen LogP contribution >= 0.6 is 0 Å². The third-order valence-electron chi connectivity index (χ3n) is 0.773. The van der Waals surface area contributed by atoms with Gasteiger partial charge in [-0.3, -0.25) is 9.59 Å². The van der Waals surface area contributed by atoms with Crippen LogP contribution in [0.5, 0.6) is 0 Å². The number of carbonyl (C=O) groups is 2. The zero-order valence-electron chi connectivity index (χ0n) is 5.50. The Morgan fingerprint density at radius 3 is 2.90 bits per heavy atom. The quantitative estimate of drug-likeness (QED) is 0.319. The highest BCUT2D eigenvalue weighted by Gasteiger charge is 1.90. The summed E-state index contributed by atoms with van der Waals surface area (Å²) in [7, 11) is 0. The minimum atomic E-state index is -0.269. The highest BCUT2D eigenvalue weighted by molar-refractivity contribution is 5.86. The van der Waals surface area contributed by atoms with Gasteiger partial charge in [-0.05, 0) is 6.08 Å². The number of ether oxygens (including phenoxy) is 1. The Morgan fingerprint density at radius 1 is 1.70 bits per heavy atom. The molecule has 0 saturated heterocycles. The minimum Gasteiger partial charge on any atom is -0.466 e. The van der Waals surface area contributed by atoms with Gasteiger partial charge in [0.2, 0.25) is 5.91 Å². The molecular formula is C6H9NO3.